The van der Waals surface area contributed by atoms with E-state index in [1.54, 1.807) is 0 Å². The van der Waals surface area contributed by atoms with E-state index in [0.29, 0.717) is 0 Å². The van der Waals surface area contributed by atoms with Crippen molar-refractivity contribution >= 4 is 50.0 Å². The van der Waals surface area contributed by atoms with Gasteiger partial charge in [-0.2, -0.15) is 0 Å². The molecule has 3 aromatic rings. The summed E-state index contributed by atoms with van der Waals surface area (Å²) in [5.74, 6) is 0. The number of hydrogen-bond donors (Lipinski definition) is 0. The highest BCUT2D eigenvalue weighted by Gasteiger charge is 2.11. The molecule has 94 valence electrons. The minimum Gasteiger partial charge on any atom is -0.455 e. The second-order valence-electron chi connectivity index (χ2n) is 4.40. The van der Waals surface area contributed by atoms with E-state index in [0.717, 1.165) is 37.5 Å². The normalized spacial score (nSPS) is 11.7. The van der Waals surface area contributed by atoms with Crippen molar-refractivity contribution in [2.75, 3.05) is 0 Å². The Balaban J connectivity index is 2.45. The third-order valence-corrected chi connectivity index (χ3v) is 3.84. The van der Waals surface area contributed by atoms with Crippen molar-refractivity contribution in [2.45, 2.75) is 6.92 Å². The number of halogens is 1. The maximum atomic E-state index is 5.94. The molecule has 0 atom stereocenters. The van der Waals surface area contributed by atoms with Crippen LogP contribution < -0.4 is 0 Å². The van der Waals surface area contributed by atoms with Crippen molar-refractivity contribution in [2.24, 2.45) is 0 Å². The Morgan fingerprint density at radius 3 is 2.74 bits per heavy atom. The minimum atomic E-state index is 0.894. The Bertz CT molecular complexity index is 809. The number of benzene rings is 2. The minimum absolute atomic E-state index is 0.894. The Hall–Kier alpha value is -1.80. The number of furan rings is 1. The smallest absolute Gasteiger partial charge is 0.149 e. The molecule has 19 heavy (non-hydrogen) atoms. The van der Waals surface area contributed by atoms with Gasteiger partial charge in [0, 0.05) is 10.8 Å². The SMILES string of the molecule is C=Cc1cc2oc3c(Br)cccc3c2cc1/C=C\C. The lowest BCUT2D eigenvalue weighted by atomic mass is 10.0. The molecule has 2 heteroatoms. The molecule has 0 spiro atoms. The fraction of sp³-hybridized carbons (Fsp3) is 0.0588. The van der Waals surface area contributed by atoms with Crippen LogP contribution in [0.15, 0.2) is 51.9 Å². The van der Waals surface area contributed by atoms with E-state index in [1.165, 1.54) is 0 Å². The molecule has 3 rings (SSSR count). The average molecular weight is 313 g/mol. The summed E-state index contributed by atoms with van der Waals surface area (Å²) in [5.41, 5.74) is 4.03. The van der Waals surface area contributed by atoms with Crippen LogP contribution in [0, 0.1) is 0 Å². The van der Waals surface area contributed by atoms with Gasteiger partial charge >= 0.3 is 0 Å². The second kappa shape index (κ2) is 4.71. The zero-order chi connectivity index (χ0) is 13.4. The third kappa shape index (κ3) is 1.92. The summed E-state index contributed by atoms with van der Waals surface area (Å²) in [6.07, 6.45) is 5.98. The lowest BCUT2D eigenvalue weighted by Crippen LogP contribution is -1.80. The van der Waals surface area contributed by atoms with Gasteiger partial charge in [-0.3, -0.25) is 0 Å². The number of fused-ring (bicyclic) bond motifs is 3. The van der Waals surface area contributed by atoms with Gasteiger partial charge in [0.1, 0.15) is 11.2 Å². The molecule has 0 aliphatic carbocycles. The summed E-state index contributed by atoms with van der Waals surface area (Å²) in [6, 6.07) is 10.3. The first-order valence-electron chi connectivity index (χ1n) is 6.14. The molecular formula is C17H13BrO. The molecular weight excluding hydrogens is 300 g/mol. The monoisotopic (exact) mass is 312 g/mol. The van der Waals surface area contributed by atoms with Gasteiger partial charge in [-0.15, -0.1) is 0 Å². The van der Waals surface area contributed by atoms with Crippen LogP contribution >= 0.6 is 15.9 Å². The van der Waals surface area contributed by atoms with E-state index < -0.39 is 0 Å². The molecule has 1 heterocycles. The summed E-state index contributed by atoms with van der Waals surface area (Å²) in [4.78, 5) is 0. The summed E-state index contributed by atoms with van der Waals surface area (Å²) in [5, 5.41) is 2.26. The van der Waals surface area contributed by atoms with E-state index in [2.05, 4.69) is 40.7 Å². The van der Waals surface area contributed by atoms with Gasteiger partial charge in [-0.1, -0.05) is 36.9 Å². The van der Waals surface area contributed by atoms with Gasteiger partial charge < -0.3 is 4.42 Å². The van der Waals surface area contributed by atoms with Gasteiger partial charge in [0.05, 0.1) is 4.47 Å². The van der Waals surface area contributed by atoms with Crippen LogP contribution in [0.1, 0.15) is 18.1 Å². The molecule has 0 aliphatic rings. The number of allylic oxidation sites excluding steroid dienone is 1. The van der Waals surface area contributed by atoms with Crippen LogP contribution in [0.4, 0.5) is 0 Å². The first-order valence-corrected chi connectivity index (χ1v) is 6.94. The van der Waals surface area contributed by atoms with Crippen molar-refractivity contribution in [3.05, 3.63) is 58.6 Å². The van der Waals surface area contributed by atoms with Crippen LogP contribution in [0.2, 0.25) is 0 Å². The van der Waals surface area contributed by atoms with Gasteiger partial charge in [-0.25, -0.2) is 0 Å². The van der Waals surface area contributed by atoms with Crippen LogP contribution in [-0.2, 0) is 0 Å². The Kier molecular flexibility index (Phi) is 3.03. The molecule has 0 saturated heterocycles. The lowest BCUT2D eigenvalue weighted by Gasteiger charge is -2.00. The lowest BCUT2D eigenvalue weighted by molar-refractivity contribution is 0.666. The number of para-hydroxylation sites is 1. The van der Waals surface area contributed by atoms with Crippen molar-refractivity contribution < 1.29 is 4.42 Å². The highest BCUT2D eigenvalue weighted by atomic mass is 79.9. The van der Waals surface area contributed by atoms with E-state index in [1.807, 2.05) is 37.3 Å². The van der Waals surface area contributed by atoms with E-state index in [4.69, 9.17) is 4.42 Å². The summed E-state index contributed by atoms with van der Waals surface area (Å²) in [6.45, 7) is 5.88. The number of hydrogen-bond acceptors (Lipinski definition) is 1. The van der Waals surface area contributed by atoms with Crippen molar-refractivity contribution in [3.63, 3.8) is 0 Å². The Morgan fingerprint density at radius 1 is 1.16 bits per heavy atom. The van der Waals surface area contributed by atoms with Crippen molar-refractivity contribution in [1.82, 2.24) is 0 Å². The highest BCUT2D eigenvalue weighted by molar-refractivity contribution is 9.10. The molecule has 0 saturated carbocycles. The summed E-state index contributed by atoms with van der Waals surface area (Å²) < 4.78 is 6.92. The predicted molar refractivity (Wildman–Crippen MR) is 86.2 cm³/mol. The zero-order valence-corrected chi connectivity index (χ0v) is 12.2. The molecule has 0 fully saturated rings. The van der Waals surface area contributed by atoms with Crippen LogP contribution in [0.3, 0.4) is 0 Å². The molecule has 2 aromatic carbocycles. The predicted octanol–water partition coefficient (Wildman–Crippen LogP) is 6.02. The second-order valence-corrected chi connectivity index (χ2v) is 5.25. The third-order valence-electron chi connectivity index (χ3n) is 3.22. The van der Waals surface area contributed by atoms with E-state index in [-0.39, 0.29) is 0 Å². The molecule has 1 aromatic heterocycles. The summed E-state index contributed by atoms with van der Waals surface area (Å²) in [7, 11) is 0. The van der Waals surface area contributed by atoms with Crippen LogP contribution in [0.25, 0.3) is 34.1 Å². The van der Waals surface area contributed by atoms with Crippen LogP contribution in [0.5, 0.6) is 0 Å². The Morgan fingerprint density at radius 2 is 2.00 bits per heavy atom. The average Bonchev–Trinajstić information content (AvgIpc) is 2.78. The fourth-order valence-electron chi connectivity index (χ4n) is 2.34. The van der Waals surface area contributed by atoms with E-state index >= 15 is 0 Å². The van der Waals surface area contributed by atoms with Gasteiger partial charge in [-0.05, 0) is 52.2 Å². The largest absolute Gasteiger partial charge is 0.455 e. The van der Waals surface area contributed by atoms with Crippen LogP contribution in [-0.4, -0.2) is 0 Å². The molecule has 0 bridgehead atoms. The van der Waals surface area contributed by atoms with Gasteiger partial charge in [0.25, 0.3) is 0 Å². The van der Waals surface area contributed by atoms with Crippen molar-refractivity contribution in [3.8, 4) is 0 Å². The maximum Gasteiger partial charge on any atom is 0.149 e. The van der Waals surface area contributed by atoms with Crippen molar-refractivity contribution in [1.29, 1.82) is 0 Å². The quantitative estimate of drug-likeness (QED) is 0.563. The van der Waals surface area contributed by atoms with E-state index in [9.17, 15) is 0 Å². The fourth-order valence-corrected chi connectivity index (χ4v) is 2.79. The maximum absolute atomic E-state index is 5.94. The van der Waals surface area contributed by atoms with Gasteiger partial charge in [0.15, 0.2) is 0 Å². The molecule has 0 unspecified atom stereocenters. The highest BCUT2D eigenvalue weighted by Crippen LogP contribution is 2.35. The zero-order valence-electron chi connectivity index (χ0n) is 10.6. The van der Waals surface area contributed by atoms with Gasteiger partial charge in [0.2, 0.25) is 0 Å². The number of rotatable bonds is 2. The Labute approximate surface area is 120 Å². The molecule has 0 amide bonds. The first kappa shape index (κ1) is 12.2. The molecule has 0 aliphatic heterocycles. The summed E-state index contributed by atoms with van der Waals surface area (Å²) >= 11 is 3.53. The standard InChI is InChI=1S/C17H13BrO/c1-3-6-12-9-14-13-7-5-8-15(18)17(13)19-16(14)10-11(12)4-2/h3-10H,2H2,1H3/b6-3-. The molecule has 0 N–H and O–H groups in total. The first-order chi connectivity index (χ1) is 9.24. The molecule has 0 radical (unpaired) electrons. The molecule has 1 nitrogen and oxygen atoms in total. The topological polar surface area (TPSA) is 13.1 Å².